The quantitative estimate of drug-likeness (QED) is 0.654. The highest BCUT2D eigenvalue weighted by Gasteiger charge is 2.32. The maximum Gasteiger partial charge on any atom is 0.175 e. The zero-order valence-corrected chi connectivity index (χ0v) is 15.1. The highest BCUT2D eigenvalue weighted by molar-refractivity contribution is 9.10. The number of tetrazole rings is 1. The van der Waals surface area contributed by atoms with Gasteiger partial charge in [-0.3, -0.25) is 0 Å². The van der Waals surface area contributed by atoms with Crippen LogP contribution in [0.1, 0.15) is 11.4 Å². The van der Waals surface area contributed by atoms with Crippen LogP contribution in [0.2, 0.25) is 0 Å². The Morgan fingerprint density at radius 1 is 1.26 bits per heavy atom. The van der Waals surface area contributed by atoms with Crippen LogP contribution in [0.15, 0.2) is 28.7 Å². The van der Waals surface area contributed by atoms with Crippen LogP contribution in [0.5, 0.6) is 0 Å². The molecule has 0 bridgehead atoms. The van der Waals surface area contributed by atoms with Gasteiger partial charge in [-0.05, 0) is 22.9 Å². The zero-order valence-electron chi connectivity index (χ0n) is 10.4. The van der Waals surface area contributed by atoms with E-state index >= 15 is 0 Å². The van der Waals surface area contributed by atoms with E-state index in [4.69, 9.17) is 0 Å². The Bertz CT molecular complexity index is 551. The molecule has 0 atom stereocenters. The average molecular weight is 453 g/mol. The SMILES string of the molecule is Cn1nnc(CC(CBr)(CBr)c2cccc(Br)c2)n1. The van der Waals surface area contributed by atoms with Gasteiger partial charge in [-0.2, -0.15) is 4.80 Å². The predicted molar refractivity (Wildman–Crippen MR) is 85.9 cm³/mol. The molecule has 0 fully saturated rings. The Kier molecular flexibility index (Phi) is 5.14. The molecule has 0 aliphatic rings. The third-order valence-electron chi connectivity index (χ3n) is 2.99. The fraction of sp³-hybridized carbons (Fsp3) is 0.417. The molecule has 0 amide bonds. The van der Waals surface area contributed by atoms with E-state index in [1.54, 1.807) is 7.05 Å². The maximum atomic E-state index is 4.28. The van der Waals surface area contributed by atoms with Crippen LogP contribution in [0.25, 0.3) is 0 Å². The lowest BCUT2D eigenvalue weighted by Crippen LogP contribution is -2.33. The van der Waals surface area contributed by atoms with Crippen LogP contribution in [-0.2, 0) is 18.9 Å². The van der Waals surface area contributed by atoms with E-state index in [1.807, 2.05) is 12.1 Å². The number of hydrogen-bond donors (Lipinski definition) is 0. The standard InChI is InChI=1S/C12H13Br3N4/c1-19-17-11(16-18-19)6-12(7-13,8-14)9-3-2-4-10(15)5-9/h2-5H,6-8H2,1H3. The Morgan fingerprint density at radius 2 is 2.00 bits per heavy atom. The van der Waals surface area contributed by atoms with Crippen molar-refractivity contribution in [3.05, 3.63) is 40.1 Å². The van der Waals surface area contributed by atoms with Gasteiger partial charge in [-0.15, -0.1) is 10.2 Å². The zero-order chi connectivity index (χ0) is 13.9. The van der Waals surface area contributed by atoms with Gasteiger partial charge in [0.05, 0.1) is 7.05 Å². The van der Waals surface area contributed by atoms with Crippen LogP contribution >= 0.6 is 47.8 Å². The highest BCUT2D eigenvalue weighted by atomic mass is 79.9. The number of rotatable bonds is 5. The Labute approximate surface area is 137 Å². The first-order chi connectivity index (χ1) is 9.09. The Hall–Kier alpha value is -0.270. The number of hydrogen-bond acceptors (Lipinski definition) is 3. The molecular weight excluding hydrogens is 440 g/mol. The summed E-state index contributed by atoms with van der Waals surface area (Å²) >= 11 is 10.8. The van der Waals surface area contributed by atoms with Crippen molar-refractivity contribution in [2.75, 3.05) is 10.7 Å². The molecule has 0 N–H and O–H groups in total. The molecule has 1 aromatic heterocycles. The fourth-order valence-corrected chi connectivity index (χ4v) is 4.27. The summed E-state index contributed by atoms with van der Waals surface area (Å²) in [7, 11) is 1.78. The number of benzene rings is 1. The van der Waals surface area contributed by atoms with Crippen molar-refractivity contribution in [3.63, 3.8) is 0 Å². The summed E-state index contributed by atoms with van der Waals surface area (Å²) in [6.07, 6.45) is 0.730. The van der Waals surface area contributed by atoms with Gasteiger partial charge in [0.15, 0.2) is 5.82 Å². The number of halogens is 3. The van der Waals surface area contributed by atoms with Crippen molar-refractivity contribution in [2.24, 2.45) is 7.05 Å². The molecule has 1 aromatic carbocycles. The number of aryl methyl sites for hydroxylation is 1. The molecule has 0 spiro atoms. The number of nitrogens with zero attached hydrogens (tertiary/aromatic N) is 4. The van der Waals surface area contributed by atoms with E-state index in [9.17, 15) is 0 Å². The molecule has 102 valence electrons. The molecule has 0 saturated heterocycles. The van der Waals surface area contributed by atoms with Gasteiger partial charge in [0, 0.05) is 27.0 Å². The van der Waals surface area contributed by atoms with E-state index in [0.717, 1.165) is 27.4 Å². The second-order valence-corrected chi connectivity index (χ2v) is 6.47. The minimum atomic E-state index is -0.0905. The third kappa shape index (κ3) is 3.44. The molecule has 1 heterocycles. The first-order valence-corrected chi connectivity index (χ1v) is 8.74. The van der Waals surface area contributed by atoms with E-state index in [0.29, 0.717) is 0 Å². The topological polar surface area (TPSA) is 43.6 Å². The van der Waals surface area contributed by atoms with Crippen molar-refractivity contribution in [3.8, 4) is 0 Å². The molecule has 2 rings (SSSR count). The van der Waals surface area contributed by atoms with Crippen molar-refractivity contribution in [1.29, 1.82) is 0 Å². The lowest BCUT2D eigenvalue weighted by atomic mass is 9.81. The molecule has 7 heteroatoms. The second-order valence-electron chi connectivity index (χ2n) is 4.43. The predicted octanol–water partition coefficient (Wildman–Crippen LogP) is 3.24. The van der Waals surface area contributed by atoms with Crippen LogP contribution in [0, 0.1) is 0 Å². The first kappa shape index (κ1) is 15.1. The molecule has 0 radical (unpaired) electrons. The summed E-state index contributed by atoms with van der Waals surface area (Å²) in [6.45, 7) is 0. The summed E-state index contributed by atoms with van der Waals surface area (Å²) in [6, 6.07) is 8.34. The molecule has 0 saturated carbocycles. The van der Waals surface area contributed by atoms with Crippen LogP contribution in [0.3, 0.4) is 0 Å². The van der Waals surface area contributed by atoms with Gasteiger partial charge < -0.3 is 0 Å². The summed E-state index contributed by atoms with van der Waals surface area (Å²) < 4.78 is 1.07. The van der Waals surface area contributed by atoms with Crippen molar-refractivity contribution in [1.82, 2.24) is 20.2 Å². The average Bonchev–Trinajstić information content (AvgIpc) is 2.81. The van der Waals surface area contributed by atoms with Gasteiger partial charge in [-0.25, -0.2) is 0 Å². The number of alkyl halides is 2. The summed E-state index contributed by atoms with van der Waals surface area (Å²) in [4.78, 5) is 1.49. The minimum absolute atomic E-state index is 0.0905. The molecular formula is C12H13Br3N4. The summed E-state index contributed by atoms with van der Waals surface area (Å²) in [5, 5.41) is 13.9. The molecule has 4 nitrogen and oxygen atoms in total. The van der Waals surface area contributed by atoms with Gasteiger partial charge in [0.2, 0.25) is 0 Å². The van der Waals surface area contributed by atoms with Crippen LogP contribution in [0.4, 0.5) is 0 Å². The lowest BCUT2D eigenvalue weighted by molar-refractivity contribution is 0.530. The summed E-state index contributed by atoms with van der Waals surface area (Å²) in [5.41, 5.74) is 1.15. The van der Waals surface area contributed by atoms with Gasteiger partial charge in [0.25, 0.3) is 0 Å². The van der Waals surface area contributed by atoms with E-state index in [2.05, 4.69) is 75.3 Å². The third-order valence-corrected chi connectivity index (χ3v) is 5.63. The highest BCUT2D eigenvalue weighted by Crippen LogP contribution is 2.33. The van der Waals surface area contributed by atoms with Gasteiger partial charge in [0.1, 0.15) is 0 Å². The van der Waals surface area contributed by atoms with Crippen molar-refractivity contribution < 1.29 is 0 Å². The fourth-order valence-electron chi connectivity index (χ4n) is 1.90. The van der Waals surface area contributed by atoms with Crippen LogP contribution in [-0.4, -0.2) is 30.9 Å². The molecule has 0 aliphatic carbocycles. The second kappa shape index (κ2) is 6.45. The molecule has 0 unspecified atom stereocenters. The Morgan fingerprint density at radius 3 is 2.53 bits per heavy atom. The van der Waals surface area contributed by atoms with E-state index < -0.39 is 0 Å². The molecule has 2 aromatic rings. The number of aromatic nitrogens is 4. The van der Waals surface area contributed by atoms with Crippen LogP contribution < -0.4 is 0 Å². The summed E-state index contributed by atoms with van der Waals surface area (Å²) in [5.74, 6) is 0.751. The monoisotopic (exact) mass is 450 g/mol. The molecule has 0 aliphatic heterocycles. The van der Waals surface area contributed by atoms with Gasteiger partial charge in [-0.1, -0.05) is 59.9 Å². The minimum Gasteiger partial charge on any atom is -0.167 e. The van der Waals surface area contributed by atoms with E-state index in [-0.39, 0.29) is 5.41 Å². The lowest BCUT2D eigenvalue weighted by Gasteiger charge is -2.29. The van der Waals surface area contributed by atoms with Gasteiger partial charge >= 0.3 is 0 Å². The van der Waals surface area contributed by atoms with Crippen molar-refractivity contribution >= 4 is 47.8 Å². The first-order valence-electron chi connectivity index (χ1n) is 5.70. The maximum absolute atomic E-state index is 4.28. The van der Waals surface area contributed by atoms with Crippen molar-refractivity contribution in [2.45, 2.75) is 11.8 Å². The smallest absolute Gasteiger partial charge is 0.167 e. The largest absolute Gasteiger partial charge is 0.175 e. The Balaban J connectivity index is 2.37. The normalized spacial score (nSPS) is 11.8. The van der Waals surface area contributed by atoms with E-state index in [1.165, 1.54) is 10.4 Å². The molecule has 19 heavy (non-hydrogen) atoms.